The molecule has 0 aliphatic carbocycles. The Labute approximate surface area is 120 Å². The van der Waals surface area contributed by atoms with Crippen molar-refractivity contribution in [2.24, 2.45) is 0 Å². The Kier molecular flexibility index (Phi) is 3.67. The molecular weight excluding hydrogens is 276 g/mol. The highest BCUT2D eigenvalue weighted by Gasteiger charge is 2.29. The van der Waals surface area contributed by atoms with Gasteiger partial charge in [-0.15, -0.1) is 0 Å². The van der Waals surface area contributed by atoms with Crippen LogP contribution in [0.15, 0.2) is 29.4 Å². The van der Waals surface area contributed by atoms with Crippen molar-refractivity contribution >= 4 is 28.8 Å². The van der Waals surface area contributed by atoms with Gasteiger partial charge in [0.2, 0.25) is 0 Å². The molecule has 2 atom stereocenters. The SMILES string of the molecule is CC1OCCC1n1c(SCC(=O)O)nc2ccccc21. The molecule has 1 fully saturated rings. The Balaban J connectivity index is 2.05. The average molecular weight is 292 g/mol. The van der Waals surface area contributed by atoms with Crippen LogP contribution in [0.25, 0.3) is 11.0 Å². The number of aromatic nitrogens is 2. The molecule has 0 radical (unpaired) electrons. The summed E-state index contributed by atoms with van der Waals surface area (Å²) < 4.78 is 7.78. The normalized spacial score (nSPS) is 22.4. The van der Waals surface area contributed by atoms with E-state index in [1.165, 1.54) is 11.8 Å². The van der Waals surface area contributed by atoms with Crippen LogP contribution < -0.4 is 0 Å². The van der Waals surface area contributed by atoms with Crippen molar-refractivity contribution in [3.63, 3.8) is 0 Å². The van der Waals surface area contributed by atoms with Crippen LogP contribution in [-0.2, 0) is 9.53 Å². The van der Waals surface area contributed by atoms with E-state index in [0.717, 1.165) is 29.2 Å². The molecule has 0 saturated carbocycles. The number of hydrogen-bond donors (Lipinski definition) is 1. The van der Waals surface area contributed by atoms with Gasteiger partial charge in [-0.05, 0) is 25.5 Å². The lowest BCUT2D eigenvalue weighted by molar-refractivity contribution is -0.133. The van der Waals surface area contributed by atoms with Crippen molar-refractivity contribution in [2.45, 2.75) is 30.6 Å². The second-order valence-electron chi connectivity index (χ2n) is 4.87. The van der Waals surface area contributed by atoms with Crippen LogP contribution in [0.2, 0.25) is 0 Å². The highest BCUT2D eigenvalue weighted by Crippen LogP contribution is 2.34. The number of para-hydroxylation sites is 2. The largest absolute Gasteiger partial charge is 0.481 e. The summed E-state index contributed by atoms with van der Waals surface area (Å²) in [5.41, 5.74) is 1.95. The second kappa shape index (κ2) is 5.46. The number of carboxylic acid groups (broad SMARTS) is 1. The van der Waals surface area contributed by atoms with Gasteiger partial charge >= 0.3 is 5.97 Å². The summed E-state index contributed by atoms with van der Waals surface area (Å²) in [5.74, 6) is -0.810. The van der Waals surface area contributed by atoms with E-state index in [9.17, 15) is 4.79 Å². The van der Waals surface area contributed by atoms with Crippen molar-refractivity contribution in [1.29, 1.82) is 0 Å². The number of thioether (sulfide) groups is 1. The summed E-state index contributed by atoms with van der Waals surface area (Å²) in [4.78, 5) is 15.4. The molecule has 0 bridgehead atoms. The first-order valence-corrected chi connectivity index (χ1v) is 7.58. The van der Waals surface area contributed by atoms with Gasteiger partial charge < -0.3 is 14.4 Å². The second-order valence-corrected chi connectivity index (χ2v) is 5.81. The van der Waals surface area contributed by atoms with Crippen molar-refractivity contribution in [3.8, 4) is 0 Å². The molecule has 1 aromatic heterocycles. The lowest BCUT2D eigenvalue weighted by atomic mass is 10.1. The van der Waals surface area contributed by atoms with E-state index in [1.807, 2.05) is 24.3 Å². The number of nitrogens with zero attached hydrogens (tertiary/aromatic N) is 2. The first-order chi connectivity index (χ1) is 9.66. The molecule has 106 valence electrons. The van der Waals surface area contributed by atoms with Crippen molar-refractivity contribution in [1.82, 2.24) is 9.55 Å². The maximum absolute atomic E-state index is 10.8. The fourth-order valence-electron chi connectivity index (χ4n) is 2.63. The Morgan fingerprint density at radius 3 is 3.05 bits per heavy atom. The number of fused-ring (bicyclic) bond motifs is 1. The highest BCUT2D eigenvalue weighted by atomic mass is 32.2. The molecule has 1 N–H and O–H groups in total. The van der Waals surface area contributed by atoms with Gasteiger partial charge in [-0.25, -0.2) is 4.98 Å². The van der Waals surface area contributed by atoms with Gasteiger partial charge in [0.25, 0.3) is 0 Å². The van der Waals surface area contributed by atoms with Crippen molar-refractivity contribution in [2.75, 3.05) is 12.4 Å². The van der Waals surface area contributed by atoms with E-state index in [0.29, 0.717) is 0 Å². The van der Waals surface area contributed by atoms with Gasteiger partial charge in [0.15, 0.2) is 5.16 Å². The van der Waals surface area contributed by atoms with E-state index in [4.69, 9.17) is 9.84 Å². The molecule has 6 heteroatoms. The minimum absolute atomic E-state index is 0.0191. The third kappa shape index (κ3) is 2.41. The van der Waals surface area contributed by atoms with E-state index in [-0.39, 0.29) is 17.9 Å². The predicted molar refractivity (Wildman–Crippen MR) is 77.2 cm³/mol. The van der Waals surface area contributed by atoms with Gasteiger partial charge in [0, 0.05) is 6.61 Å². The summed E-state index contributed by atoms with van der Waals surface area (Å²) in [6, 6.07) is 8.13. The van der Waals surface area contributed by atoms with E-state index < -0.39 is 5.97 Å². The smallest absolute Gasteiger partial charge is 0.313 e. The van der Waals surface area contributed by atoms with Gasteiger partial charge in [-0.1, -0.05) is 23.9 Å². The highest BCUT2D eigenvalue weighted by molar-refractivity contribution is 7.99. The van der Waals surface area contributed by atoms with E-state index in [2.05, 4.69) is 16.5 Å². The first kappa shape index (κ1) is 13.5. The fraction of sp³-hybridized carbons (Fsp3) is 0.429. The summed E-state index contributed by atoms with van der Waals surface area (Å²) in [6.07, 6.45) is 1.05. The number of benzene rings is 1. The topological polar surface area (TPSA) is 64.3 Å². The molecule has 0 amide bonds. The molecule has 1 aliphatic rings. The Bertz CT molecular complexity index is 640. The molecule has 5 nitrogen and oxygen atoms in total. The zero-order chi connectivity index (χ0) is 14.1. The average Bonchev–Trinajstić information content (AvgIpc) is 2.99. The molecular formula is C14H16N2O3S. The summed E-state index contributed by atoms with van der Waals surface area (Å²) in [6.45, 7) is 2.79. The minimum atomic E-state index is -0.829. The molecule has 1 saturated heterocycles. The quantitative estimate of drug-likeness (QED) is 0.877. The molecule has 2 aromatic rings. The third-order valence-electron chi connectivity index (χ3n) is 3.56. The fourth-order valence-corrected chi connectivity index (χ4v) is 3.42. The van der Waals surface area contributed by atoms with Gasteiger partial charge in [0.1, 0.15) is 0 Å². The molecule has 1 aliphatic heterocycles. The lowest BCUT2D eigenvalue weighted by Gasteiger charge is -2.19. The van der Waals surface area contributed by atoms with Crippen LogP contribution in [0.3, 0.4) is 0 Å². The molecule has 1 aromatic carbocycles. The summed E-state index contributed by atoms with van der Waals surface area (Å²) >= 11 is 1.27. The van der Waals surface area contributed by atoms with Crippen LogP contribution >= 0.6 is 11.8 Å². The Hall–Kier alpha value is -1.53. The molecule has 0 spiro atoms. The zero-order valence-electron chi connectivity index (χ0n) is 11.2. The standard InChI is InChI=1S/C14H16N2O3S/c1-9-11(6-7-19-9)16-12-5-3-2-4-10(12)15-14(16)20-8-13(17)18/h2-5,9,11H,6-8H2,1H3,(H,17,18). The number of ether oxygens (including phenoxy) is 1. The first-order valence-electron chi connectivity index (χ1n) is 6.60. The van der Waals surface area contributed by atoms with Gasteiger partial charge in [-0.2, -0.15) is 0 Å². The van der Waals surface area contributed by atoms with Crippen LogP contribution in [0.1, 0.15) is 19.4 Å². The summed E-state index contributed by atoms with van der Waals surface area (Å²) in [5, 5.41) is 9.64. The van der Waals surface area contributed by atoms with Crippen molar-refractivity contribution in [3.05, 3.63) is 24.3 Å². The van der Waals surface area contributed by atoms with Crippen LogP contribution in [-0.4, -0.2) is 39.1 Å². The van der Waals surface area contributed by atoms with Crippen LogP contribution in [0.5, 0.6) is 0 Å². The number of carboxylic acids is 1. The van der Waals surface area contributed by atoms with E-state index in [1.54, 1.807) is 0 Å². The Morgan fingerprint density at radius 1 is 1.55 bits per heavy atom. The number of hydrogen-bond acceptors (Lipinski definition) is 4. The third-order valence-corrected chi connectivity index (χ3v) is 4.49. The van der Waals surface area contributed by atoms with Crippen LogP contribution in [0.4, 0.5) is 0 Å². The number of rotatable bonds is 4. The predicted octanol–water partition coefficient (Wildman–Crippen LogP) is 2.56. The number of imidazole rings is 1. The van der Waals surface area contributed by atoms with Gasteiger partial charge in [-0.3, -0.25) is 4.79 Å². The zero-order valence-corrected chi connectivity index (χ0v) is 12.0. The lowest BCUT2D eigenvalue weighted by Crippen LogP contribution is -2.18. The van der Waals surface area contributed by atoms with Crippen molar-refractivity contribution < 1.29 is 14.6 Å². The molecule has 2 unspecified atom stereocenters. The maximum atomic E-state index is 10.8. The molecule has 20 heavy (non-hydrogen) atoms. The maximum Gasteiger partial charge on any atom is 0.313 e. The number of aliphatic carboxylic acids is 1. The Morgan fingerprint density at radius 2 is 2.35 bits per heavy atom. The number of carbonyl (C=O) groups is 1. The van der Waals surface area contributed by atoms with E-state index >= 15 is 0 Å². The summed E-state index contributed by atoms with van der Waals surface area (Å²) in [7, 11) is 0. The molecule has 2 heterocycles. The van der Waals surface area contributed by atoms with Gasteiger partial charge in [0.05, 0.1) is 28.9 Å². The van der Waals surface area contributed by atoms with Crippen LogP contribution in [0, 0.1) is 0 Å². The monoisotopic (exact) mass is 292 g/mol. The minimum Gasteiger partial charge on any atom is -0.481 e. The molecule has 3 rings (SSSR count).